The number of sulfonamides is 1. The molecule has 2 saturated heterocycles. The summed E-state index contributed by atoms with van der Waals surface area (Å²) >= 11 is 6.06. The normalized spacial score (nSPS) is 27.1. The molecule has 3 rings (SSSR count). The molecule has 3 atom stereocenters. The van der Waals surface area contributed by atoms with Crippen molar-refractivity contribution in [3.8, 4) is 11.5 Å². The number of hydrogen-bond donors (Lipinski definition) is 1. The number of methoxy groups -OCH3 is 2. The highest BCUT2D eigenvalue weighted by molar-refractivity contribution is 7.89. The third-order valence-corrected chi connectivity index (χ3v) is 6.48. The molecule has 0 aromatic heterocycles. The Morgan fingerprint density at radius 1 is 1.24 bits per heavy atom. The van der Waals surface area contributed by atoms with Gasteiger partial charge in [-0.1, -0.05) is 11.6 Å². The first-order valence-corrected chi connectivity index (χ1v) is 9.99. The van der Waals surface area contributed by atoms with Crippen molar-refractivity contribution in [1.29, 1.82) is 0 Å². The van der Waals surface area contributed by atoms with E-state index in [1.807, 2.05) is 6.92 Å². The largest absolute Gasteiger partial charge is 0.495 e. The van der Waals surface area contributed by atoms with Gasteiger partial charge in [-0.2, -0.15) is 0 Å². The maximum Gasteiger partial charge on any atom is 0.244 e. The molecule has 0 amide bonds. The Morgan fingerprint density at radius 2 is 1.96 bits per heavy atom. The fraction of sp³-hybridized carbons (Fsp3) is 0.625. The van der Waals surface area contributed by atoms with Crippen molar-refractivity contribution < 1.29 is 22.6 Å². The van der Waals surface area contributed by atoms with E-state index in [0.717, 1.165) is 13.0 Å². The first-order valence-electron chi connectivity index (χ1n) is 8.13. The zero-order valence-corrected chi connectivity index (χ0v) is 16.1. The number of benzene rings is 1. The molecule has 1 N–H and O–H groups in total. The summed E-state index contributed by atoms with van der Waals surface area (Å²) in [6.07, 6.45) is 0.895. The number of halogens is 1. The highest BCUT2D eigenvalue weighted by Gasteiger charge is 2.38. The van der Waals surface area contributed by atoms with Crippen molar-refractivity contribution in [2.45, 2.75) is 36.4 Å². The smallest absolute Gasteiger partial charge is 0.244 e. The lowest BCUT2D eigenvalue weighted by Gasteiger charge is -2.33. The number of hydrogen-bond acceptors (Lipinski definition) is 6. The van der Waals surface area contributed by atoms with Crippen LogP contribution in [0.2, 0.25) is 5.02 Å². The van der Waals surface area contributed by atoms with Crippen LogP contribution < -0.4 is 14.2 Å². The van der Waals surface area contributed by atoms with Gasteiger partial charge in [-0.25, -0.2) is 13.1 Å². The van der Waals surface area contributed by atoms with Crippen molar-refractivity contribution in [3.63, 3.8) is 0 Å². The van der Waals surface area contributed by atoms with Crippen LogP contribution in [0.15, 0.2) is 17.0 Å². The number of ether oxygens (including phenoxy) is 3. The summed E-state index contributed by atoms with van der Waals surface area (Å²) in [6, 6.07) is 2.92. The van der Waals surface area contributed by atoms with E-state index in [1.54, 1.807) is 0 Å². The molecular formula is C16H23ClN2O5S. The van der Waals surface area contributed by atoms with Crippen molar-refractivity contribution in [2.75, 3.05) is 33.9 Å². The topological polar surface area (TPSA) is 77.1 Å². The molecule has 2 heterocycles. The van der Waals surface area contributed by atoms with Crippen LogP contribution >= 0.6 is 11.6 Å². The second-order valence-electron chi connectivity index (χ2n) is 6.44. The van der Waals surface area contributed by atoms with Crippen LogP contribution in [0.4, 0.5) is 0 Å². The van der Waals surface area contributed by atoms with E-state index in [-0.39, 0.29) is 34.6 Å². The summed E-state index contributed by atoms with van der Waals surface area (Å²) in [6.45, 7) is 4.15. The summed E-state index contributed by atoms with van der Waals surface area (Å²) in [5.74, 6) is 0.472. The van der Waals surface area contributed by atoms with E-state index in [4.69, 9.17) is 25.8 Å². The molecule has 25 heavy (non-hydrogen) atoms. The predicted molar refractivity (Wildman–Crippen MR) is 94.1 cm³/mol. The fourth-order valence-corrected chi connectivity index (χ4v) is 5.09. The molecule has 2 fully saturated rings. The van der Waals surface area contributed by atoms with Gasteiger partial charge in [-0.3, -0.25) is 4.90 Å². The highest BCUT2D eigenvalue weighted by atomic mass is 35.5. The Balaban J connectivity index is 1.81. The van der Waals surface area contributed by atoms with Crippen molar-refractivity contribution >= 4 is 21.6 Å². The molecule has 1 aromatic rings. The maximum absolute atomic E-state index is 12.9. The molecule has 0 radical (unpaired) electrons. The van der Waals surface area contributed by atoms with Gasteiger partial charge in [0.1, 0.15) is 16.4 Å². The van der Waals surface area contributed by atoms with Crippen LogP contribution in [0.25, 0.3) is 0 Å². The SMILES string of the molecule is COc1cc(S(=O)(=O)N[C@H]2C[C@H]3CO[C@H](C)CN3C2)c(OC)cc1Cl. The van der Waals surface area contributed by atoms with E-state index < -0.39 is 10.0 Å². The van der Waals surface area contributed by atoms with Gasteiger partial charge >= 0.3 is 0 Å². The summed E-state index contributed by atoms with van der Waals surface area (Å²) in [5.41, 5.74) is 0. The minimum atomic E-state index is -3.77. The molecule has 0 bridgehead atoms. The van der Waals surface area contributed by atoms with Crippen LogP contribution in [0.1, 0.15) is 13.3 Å². The number of fused-ring (bicyclic) bond motifs is 1. The molecule has 0 unspecified atom stereocenters. The van der Waals surface area contributed by atoms with Gasteiger partial charge in [0.05, 0.1) is 32.0 Å². The quantitative estimate of drug-likeness (QED) is 0.821. The predicted octanol–water partition coefficient (Wildman–Crippen LogP) is 1.50. The fourth-order valence-electron chi connectivity index (χ4n) is 3.45. The van der Waals surface area contributed by atoms with Gasteiger partial charge in [0.2, 0.25) is 10.0 Å². The van der Waals surface area contributed by atoms with Crippen molar-refractivity contribution in [2.24, 2.45) is 0 Å². The summed E-state index contributed by atoms with van der Waals surface area (Å²) in [4.78, 5) is 2.30. The Kier molecular flexibility index (Phi) is 5.45. The van der Waals surface area contributed by atoms with Gasteiger partial charge < -0.3 is 14.2 Å². The molecule has 0 saturated carbocycles. The summed E-state index contributed by atoms with van der Waals surface area (Å²) in [5, 5.41) is 0.294. The lowest BCUT2D eigenvalue weighted by atomic mass is 10.2. The number of nitrogens with one attached hydrogen (secondary N) is 1. The molecule has 7 nitrogen and oxygen atoms in total. The van der Waals surface area contributed by atoms with Crippen LogP contribution in [0, 0.1) is 0 Å². The zero-order chi connectivity index (χ0) is 18.2. The second kappa shape index (κ2) is 7.28. The number of morpholine rings is 1. The van der Waals surface area contributed by atoms with Crippen LogP contribution in [0.3, 0.4) is 0 Å². The van der Waals surface area contributed by atoms with Crippen molar-refractivity contribution in [1.82, 2.24) is 9.62 Å². The zero-order valence-electron chi connectivity index (χ0n) is 14.5. The molecule has 9 heteroatoms. The van der Waals surface area contributed by atoms with Gasteiger partial charge in [0.25, 0.3) is 0 Å². The van der Waals surface area contributed by atoms with E-state index in [2.05, 4.69) is 9.62 Å². The Bertz CT molecular complexity index is 742. The van der Waals surface area contributed by atoms with Gasteiger partial charge in [-0.05, 0) is 13.3 Å². The van der Waals surface area contributed by atoms with Crippen LogP contribution in [0.5, 0.6) is 11.5 Å². The average molecular weight is 391 g/mol. The van der Waals surface area contributed by atoms with E-state index >= 15 is 0 Å². The van der Waals surface area contributed by atoms with Gasteiger partial charge in [0, 0.05) is 37.3 Å². The monoisotopic (exact) mass is 390 g/mol. The van der Waals surface area contributed by atoms with Gasteiger partial charge in [0.15, 0.2) is 0 Å². The number of nitrogens with zero attached hydrogens (tertiary/aromatic N) is 1. The first-order chi connectivity index (χ1) is 11.8. The Hall–Kier alpha value is -1.06. The lowest BCUT2D eigenvalue weighted by Crippen LogP contribution is -2.45. The molecule has 140 valence electrons. The van der Waals surface area contributed by atoms with Crippen LogP contribution in [-0.4, -0.2) is 65.4 Å². The third kappa shape index (κ3) is 3.88. The molecule has 0 aliphatic carbocycles. The van der Waals surface area contributed by atoms with Crippen molar-refractivity contribution in [3.05, 3.63) is 17.2 Å². The Labute approximate surface area is 153 Å². The third-order valence-electron chi connectivity index (χ3n) is 4.64. The maximum atomic E-state index is 12.9. The average Bonchev–Trinajstić information content (AvgIpc) is 2.94. The molecule has 0 spiro atoms. The summed E-state index contributed by atoms with van der Waals surface area (Å²) < 4.78 is 44.5. The van der Waals surface area contributed by atoms with Gasteiger partial charge in [-0.15, -0.1) is 0 Å². The second-order valence-corrected chi connectivity index (χ2v) is 8.53. The molecular weight excluding hydrogens is 368 g/mol. The highest BCUT2D eigenvalue weighted by Crippen LogP contribution is 2.35. The molecule has 2 aliphatic heterocycles. The minimum Gasteiger partial charge on any atom is -0.495 e. The van der Waals surface area contributed by atoms with E-state index in [0.29, 0.717) is 18.2 Å². The first kappa shape index (κ1) is 18.7. The Morgan fingerprint density at radius 3 is 2.64 bits per heavy atom. The number of rotatable bonds is 5. The molecule has 2 aliphatic rings. The van der Waals surface area contributed by atoms with E-state index in [1.165, 1.54) is 26.4 Å². The standard InChI is InChI=1S/C16H23ClN2O5S/c1-10-7-19-8-11(4-12(19)9-24-10)18-25(20,21)16-6-14(22-2)13(17)5-15(16)23-3/h5-6,10-12,18H,4,7-9H2,1-3H3/t10-,11+,12+/m1/s1. The van der Waals surface area contributed by atoms with E-state index in [9.17, 15) is 8.42 Å². The minimum absolute atomic E-state index is 0.0192. The lowest BCUT2D eigenvalue weighted by molar-refractivity contribution is -0.0390. The summed E-state index contributed by atoms with van der Waals surface area (Å²) in [7, 11) is -0.927. The molecule has 1 aromatic carbocycles. The van der Waals surface area contributed by atoms with Crippen LogP contribution in [-0.2, 0) is 14.8 Å².